The maximum atomic E-state index is 5.50. The molecule has 0 radical (unpaired) electrons. The van der Waals surface area contributed by atoms with Gasteiger partial charge in [0.25, 0.3) is 0 Å². The van der Waals surface area contributed by atoms with Crippen LogP contribution in [0.3, 0.4) is 0 Å². The third-order valence-electron chi connectivity index (χ3n) is 1.50. The van der Waals surface area contributed by atoms with E-state index in [1.807, 2.05) is 13.0 Å². The van der Waals surface area contributed by atoms with Crippen LogP contribution in [-0.2, 0) is 0 Å². The highest BCUT2D eigenvalue weighted by atomic mass is 79.9. The van der Waals surface area contributed by atoms with Gasteiger partial charge in [0, 0.05) is 6.20 Å². The van der Waals surface area contributed by atoms with E-state index in [1.165, 1.54) is 0 Å². The largest absolute Gasteiger partial charge is 0.477 e. The number of pyridine rings is 1. The highest BCUT2D eigenvalue weighted by molar-refractivity contribution is 9.10. The van der Waals surface area contributed by atoms with Crippen LogP contribution >= 0.6 is 15.9 Å². The van der Waals surface area contributed by atoms with Crippen molar-refractivity contribution in [2.24, 2.45) is 5.92 Å². The van der Waals surface area contributed by atoms with Crippen LogP contribution in [0.25, 0.3) is 0 Å². The van der Waals surface area contributed by atoms with Gasteiger partial charge in [0.1, 0.15) is 0 Å². The standard InChI is InChI=1S/C10H14BrNO/c1-7(2)6-13-10-9(11)4-8(3)5-12-10/h4-5,7H,6H2,1-3H3. The van der Waals surface area contributed by atoms with Crippen molar-refractivity contribution in [3.63, 3.8) is 0 Å². The zero-order chi connectivity index (χ0) is 9.84. The van der Waals surface area contributed by atoms with Crippen molar-refractivity contribution in [2.75, 3.05) is 6.61 Å². The summed E-state index contributed by atoms with van der Waals surface area (Å²) in [5, 5.41) is 0. The van der Waals surface area contributed by atoms with Crippen molar-refractivity contribution in [1.29, 1.82) is 0 Å². The lowest BCUT2D eigenvalue weighted by Gasteiger charge is -2.09. The van der Waals surface area contributed by atoms with Crippen molar-refractivity contribution in [1.82, 2.24) is 4.98 Å². The number of rotatable bonds is 3. The molecule has 0 N–H and O–H groups in total. The zero-order valence-corrected chi connectivity index (χ0v) is 9.76. The molecule has 0 aromatic carbocycles. The Morgan fingerprint density at radius 2 is 2.23 bits per heavy atom. The van der Waals surface area contributed by atoms with Crippen LogP contribution in [-0.4, -0.2) is 11.6 Å². The lowest BCUT2D eigenvalue weighted by atomic mass is 10.2. The smallest absolute Gasteiger partial charge is 0.227 e. The van der Waals surface area contributed by atoms with Gasteiger partial charge in [-0.25, -0.2) is 4.98 Å². The number of ether oxygens (including phenoxy) is 1. The van der Waals surface area contributed by atoms with Crippen LogP contribution in [0.1, 0.15) is 19.4 Å². The number of aryl methyl sites for hydroxylation is 1. The number of nitrogens with zero attached hydrogens (tertiary/aromatic N) is 1. The predicted octanol–water partition coefficient (Wildman–Crippen LogP) is 3.19. The first-order valence-corrected chi connectivity index (χ1v) is 5.14. The van der Waals surface area contributed by atoms with E-state index in [0.717, 1.165) is 10.0 Å². The van der Waals surface area contributed by atoms with E-state index in [0.29, 0.717) is 18.4 Å². The SMILES string of the molecule is Cc1cnc(OCC(C)C)c(Br)c1. The van der Waals surface area contributed by atoms with Crippen molar-refractivity contribution in [2.45, 2.75) is 20.8 Å². The fourth-order valence-electron chi connectivity index (χ4n) is 0.873. The molecule has 0 amide bonds. The van der Waals surface area contributed by atoms with Gasteiger partial charge in [0.2, 0.25) is 5.88 Å². The first kappa shape index (κ1) is 10.5. The van der Waals surface area contributed by atoms with Gasteiger partial charge in [-0.1, -0.05) is 13.8 Å². The van der Waals surface area contributed by atoms with Gasteiger partial charge in [0.15, 0.2) is 0 Å². The molecule has 0 unspecified atom stereocenters. The molecule has 1 aromatic rings. The number of hydrogen-bond acceptors (Lipinski definition) is 2. The molecule has 2 nitrogen and oxygen atoms in total. The molecule has 13 heavy (non-hydrogen) atoms. The second kappa shape index (κ2) is 4.61. The van der Waals surface area contributed by atoms with Crippen molar-refractivity contribution >= 4 is 15.9 Å². The first-order chi connectivity index (χ1) is 6.09. The second-order valence-corrected chi connectivity index (χ2v) is 4.36. The summed E-state index contributed by atoms with van der Waals surface area (Å²) in [5.74, 6) is 1.20. The molecule has 0 aliphatic rings. The number of halogens is 1. The van der Waals surface area contributed by atoms with Crippen LogP contribution in [0, 0.1) is 12.8 Å². The van der Waals surface area contributed by atoms with Crippen LogP contribution in [0.4, 0.5) is 0 Å². The molecular formula is C10H14BrNO. The van der Waals surface area contributed by atoms with Gasteiger partial charge in [-0.15, -0.1) is 0 Å². The fraction of sp³-hybridized carbons (Fsp3) is 0.500. The minimum Gasteiger partial charge on any atom is -0.477 e. The third kappa shape index (κ3) is 3.35. The molecule has 0 aliphatic heterocycles. The van der Waals surface area contributed by atoms with E-state index in [1.54, 1.807) is 6.20 Å². The van der Waals surface area contributed by atoms with Crippen molar-refractivity contribution < 1.29 is 4.74 Å². The van der Waals surface area contributed by atoms with E-state index < -0.39 is 0 Å². The van der Waals surface area contributed by atoms with Crippen molar-refractivity contribution in [3.8, 4) is 5.88 Å². The quantitative estimate of drug-likeness (QED) is 0.814. The monoisotopic (exact) mass is 243 g/mol. The molecule has 0 fully saturated rings. The molecule has 0 atom stereocenters. The number of aromatic nitrogens is 1. The second-order valence-electron chi connectivity index (χ2n) is 3.50. The Bertz CT molecular complexity index is 286. The normalized spacial score (nSPS) is 10.5. The minimum absolute atomic E-state index is 0.523. The van der Waals surface area contributed by atoms with Gasteiger partial charge in [0.05, 0.1) is 11.1 Å². The average molecular weight is 244 g/mol. The topological polar surface area (TPSA) is 22.1 Å². The summed E-state index contributed by atoms with van der Waals surface area (Å²) in [6.45, 7) is 6.93. The minimum atomic E-state index is 0.523. The van der Waals surface area contributed by atoms with E-state index in [-0.39, 0.29) is 0 Å². The summed E-state index contributed by atoms with van der Waals surface area (Å²) in [6.07, 6.45) is 1.81. The zero-order valence-electron chi connectivity index (χ0n) is 8.17. The maximum Gasteiger partial charge on any atom is 0.227 e. The van der Waals surface area contributed by atoms with Crippen LogP contribution < -0.4 is 4.74 Å². The summed E-state index contributed by atoms with van der Waals surface area (Å²) in [4.78, 5) is 4.18. The summed E-state index contributed by atoms with van der Waals surface area (Å²) in [7, 11) is 0. The Morgan fingerprint density at radius 3 is 2.77 bits per heavy atom. The Balaban J connectivity index is 2.67. The van der Waals surface area contributed by atoms with E-state index >= 15 is 0 Å². The molecule has 1 rings (SSSR count). The van der Waals surface area contributed by atoms with Gasteiger partial charge < -0.3 is 4.74 Å². The molecule has 0 aliphatic carbocycles. The van der Waals surface area contributed by atoms with Crippen LogP contribution in [0.15, 0.2) is 16.7 Å². The maximum absolute atomic E-state index is 5.50. The molecular weight excluding hydrogens is 230 g/mol. The van der Waals surface area contributed by atoms with Crippen LogP contribution in [0.5, 0.6) is 5.88 Å². The van der Waals surface area contributed by atoms with Gasteiger partial charge in [-0.2, -0.15) is 0 Å². The Hall–Kier alpha value is -0.570. The lowest BCUT2D eigenvalue weighted by molar-refractivity contribution is 0.259. The Morgan fingerprint density at radius 1 is 1.54 bits per heavy atom. The molecule has 0 bridgehead atoms. The van der Waals surface area contributed by atoms with E-state index in [4.69, 9.17) is 4.74 Å². The third-order valence-corrected chi connectivity index (χ3v) is 2.07. The Kier molecular flexibility index (Phi) is 3.72. The highest BCUT2D eigenvalue weighted by Crippen LogP contribution is 2.22. The highest BCUT2D eigenvalue weighted by Gasteiger charge is 2.03. The summed E-state index contributed by atoms with van der Waals surface area (Å²) in [5.41, 5.74) is 1.13. The number of hydrogen-bond donors (Lipinski definition) is 0. The summed E-state index contributed by atoms with van der Waals surface area (Å²) in [6, 6.07) is 2.00. The van der Waals surface area contributed by atoms with Crippen LogP contribution in [0.2, 0.25) is 0 Å². The molecule has 1 heterocycles. The summed E-state index contributed by atoms with van der Waals surface area (Å²) >= 11 is 3.41. The molecule has 1 aromatic heterocycles. The predicted molar refractivity (Wildman–Crippen MR) is 57.0 cm³/mol. The van der Waals surface area contributed by atoms with Gasteiger partial charge in [-0.3, -0.25) is 0 Å². The van der Waals surface area contributed by atoms with E-state index in [2.05, 4.69) is 34.8 Å². The summed E-state index contributed by atoms with van der Waals surface area (Å²) < 4.78 is 6.42. The first-order valence-electron chi connectivity index (χ1n) is 4.34. The molecule has 0 saturated heterocycles. The van der Waals surface area contributed by atoms with Crippen molar-refractivity contribution in [3.05, 3.63) is 22.3 Å². The molecule has 72 valence electrons. The molecule has 0 saturated carbocycles. The molecule has 3 heteroatoms. The van der Waals surface area contributed by atoms with E-state index in [9.17, 15) is 0 Å². The van der Waals surface area contributed by atoms with Gasteiger partial charge >= 0.3 is 0 Å². The fourth-order valence-corrected chi connectivity index (χ4v) is 1.45. The molecule has 0 spiro atoms. The Labute approximate surface area is 87.5 Å². The lowest BCUT2D eigenvalue weighted by Crippen LogP contribution is -2.06. The average Bonchev–Trinajstić information content (AvgIpc) is 2.02. The van der Waals surface area contributed by atoms with Gasteiger partial charge in [-0.05, 0) is 40.4 Å².